The number of terminal acetylenes is 1. The van der Waals surface area contributed by atoms with Gasteiger partial charge in [-0.05, 0) is 52.1 Å². The van der Waals surface area contributed by atoms with Crippen LogP contribution in [-0.2, 0) is 20.9 Å². The Bertz CT molecular complexity index is 737. The van der Waals surface area contributed by atoms with E-state index < -0.39 is 29.7 Å². The minimum Gasteiger partial charge on any atom is -0.444 e. The molecule has 0 heterocycles. The van der Waals surface area contributed by atoms with E-state index in [4.69, 9.17) is 21.6 Å². The second-order valence-electron chi connectivity index (χ2n) is 7.61. The van der Waals surface area contributed by atoms with Gasteiger partial charge in [-0.25, -0.2) is 9.59 Å². The lowest BCUT2D eigenvalue weighted by molar-refractivity contribution is -0.126. The van der Waals surface area contributed by atoms with Gasteiger partial charge in [0.15, 0.2) is 0 Å². The molecule has 30 heavy (non-hydrogen) atoms. The molecule has 0 spiro atoms. The average Bonchev–Trinajstić information content (AvgIpc) is 2.69. The fourth-order valence-corrected chi connectivity index (χ4v) is 2.54. The maximum Gasteiger partial charge on any atom is 0.420 e. The molecule has 1 rings (SSSR count). The third-order valence-corrected chi connectivity index (χ3v) is 3.90. The van der Waals surface area contributed by atoms with Crippen molar-refractivity contribution < 1.29 is 23.9 Å². The van der Waals surface area contributed by atoms with Gasteiger partial charge in [-0.1, -0.05) is 36.3 Å². The number of nitrogens with two attached hydrogens (primary N) is 1. The molecular weight excluding hydrogens is 386 g/mol. The van der Waals surface area contributed by atoms with Crippen molar-refractivity contribution in [2.24, 2.45) is 5.73 Å². The van der Waals surface area contributed by atoms with E-state index in [0.717, 1.165) is 10.5 Å². The van der Waals surface area contributed by atoms with Crippen LogP contribution in [0.4, 0.5) is 9.59 Å². The number of unbranched alkanes of at least 4 members (excludes halogenated alkanes) is 1. The molecule has 0 saturated carbocycles. The van der Waals surface area contributed by atoms with Crippen LogP contribution >= 0.6 is 0 Å². The Labute approximate surface area is 178 Å². The van der Waals surface area contributed by atoms with Gasteiger partial charge in [0.2, 0.25) is 5.91 Å². The molecule has 0 aliphatic rings. The zero-order chi connectivity index (χ0) is 22.6. The number of carbonyl (C=O) groups excluding carboxylic acids is 3. The molecule has 8 nitrogen and oxygen atoms in total. The first kappa shape index (κ1) is 25.0. The lowest BCUT2D eigenvalue weighted by atomic mass is 10.1. The van der Waals surface area contributed by atoms with Gasteiger partial charge in [0, 0.05) is 0 Å². The molecule has 0 unspecified atom stereocenters. The molecule has 1 atom stereocenters. The summed E-state index contributed by atoms with van der Waals surface area (Å²) in [6.45, 7) is 5.33. The monoisotopic (exact) mass is 417 g/mol. The van der Waals surface area contributed by atoms with Crippen LogP contribution in [-0.4, -0.2) is 47.7 Å². The molecule has 164 valence electrons. The molecule has 3 amide bonds. The lowest BCUT2D eigenvalue weighted by Gasteiger charge is -2.30. The lowest BCUT2D eigenvalue weighted by Crippen LogP contribution is -2.53. The van der Waals surface area contributed by atoms with Crippen molar-refractivity contribution in [1.29, 1.82) is 0 Å². The number of nitrogens with zero attached hydrogens (tertiary/aromatic N) is 1. The number of ether oxygens (including phenoxy) is 2. The first-order valence-corrected chi connectivity index (χ1v) is 9.83. The second-order valence-corrected chi connectivity index (χ2v) is 7.61. The Morgan fingerprint density at radius 3 is 2.40 bits per heavy atom. The fourth-order valence-electron chi connectivity index (χ4n) is 2.54. The van der Waals surface area contributed by atoms with Crippen molar-refractivity contribution in [3.05, 3.63) is 35.9 Å². The van der Waals surface area contributed by atoms with E-state index >= 15 is 0 Å². The van der Waals surface area contributed by atoms with Crippen LogP contribution in [0.2, 0.25) is 0 Å². The predicted molar refractivity (Wildman–Crippen MR) is 113 cm³/mol. The zero-order valence-corrected chi connectivity index (χ0v) is 17.8. The van der Waals surface area contributed by atoms with Gasteiger partial charge in [-0.3, -0.25) is 4.79 Å². The van der Waals surface area contributed by atoms with E-state index in [1.54, 1.807) is 45.0 Å². The van der Waals surface area contributed by atoms with E-state index in [1.165, 1.54) is 0 Å². The summed E-state index contributed by atoms with van der Waals surface area (Å²) >= 11 is 0. The van der Waals surface area contributed by atoms with Gasteiger partial charge in [0.25, 0.3) is 0 Å². The van der Waals surface area contributed by atoms with Crippen LogP contribution in [0.15, 0.2) is 30.3 Å². The fraction of sp³-hybridized carbons (Fsp3) is 0.500. The van der Waals surface area contributed by atoms with Gasteiger partial charge >= 0.3 is 12.2 Å². The number of hydrogen-bond donors (Lipinski definition) is 2. The Kier molecular flexibility index (Phi) is 10.4. The number of amides is 3. The zero-order valence-electron chi connectivity index (χ0n) is 17.8. The molecule has 8 heteroatoms. The number of rotatable bonds is 9. The van der Waals surface area contributed by atoms with Gasteiger partial charge in [0.1, 0.15) is 18.2 Å². The number of nitrogens with one attached hydrogen (secondary N) is 1. The summed E-state index contributed by atoms with van der Waals surface area (Å²) in [6, 6.07) is 7.87. The van der Waals surface area contributed by atoms with Gasteiger partial charge in [-0.2, -0.15) is 4.90 Å². The Morgan fingerprint density at radius 1 is 1.17 bits per heavy atom. The van der Waals surface area contributed by atoms with Crippen LogP contribution in [0, 0.1) is 12.3 Å². The third kappa shape index (κ3) is 8.97. The van der Waals surface area contributed by atoms with E-state index in [9.17, 15) is 14.4 Å². The van der Waals surface area contributed by atoms with Crippen molar-refractivity contribution in [1.82, 2.24) is 10.2 Å². The van der Waals surface area contributed by atoms with E-state index in [0.29, 0.717) is 19.4 Å². The molecule has 0 radical (unpaired) electrons. The van der Waals surface area contributed by atoms with E-state index in [1.807, 2.05) is 6.07 Å². The van der Waals surface area contributed by atoms with Gasteiger partial charge in [-0.15, -0.1) is 6.42 Å². The van der Waals surface area contributed by atoms with Crippen molar-refractivity contribution in [2.45, 2.75) is 58.3 Å². The minimum absolute atomic E-state index is 0.0343. The number of hydrogen-bond acceptors (Lipinski definition) is 6. The van der Waals surface area contributed by atoms with Crippen LogP contribution in [0.1, 0.15) is 45.6 Å². The molecule has 0 aliphatic heterocycles. The molecular formula is C22H31N3O5. The molecule has 0 bridgehead atoms. The summed E-state index contributed by atoms with van der Waals surface area (Å²) in [7, 11) is 0. The summed E-state index contributed by atoms with van der Waals surface area (Å²) in [5.74, 6) is 1.74. The number of benzene rings is 1. The Morgan fingerprint density at radius 2 is 1.83 bits per heavy atom. The molecule has 1 aromatic rings. The van der Waals surface area contributed by atoms with Crippen molar-refractivity contribution in [2.75, 3.05) is 13.1 Å². The van der Waals surface area contributed by atoms with Crippen molar-refractivity contribution in [3.8, 4) is 12.3 Å². The normalized spacial score (nSPS) is 11.7. The van der Waals surface area contributed by atoms with Crippen LogP contribution in [0.3, 0.4) is 0 Å². The predicted octanol–water partition coefficient (Wildman–Crippen LogP) is 2.81. The average molecular weight is 418 g/mol. The van der Waals surface area contributed by atoms with Gasteiger partial charge < -0.3 is 20.5 Å². The highest BCUT2D eigenvalue weighted by atomic mass is 16.6. The molecule has 0 fully saturated rings. The van der Waals surface area contributed by atoms with Crippen LogP contribution < -0.4 is 11.1 Å². The standard InChI is InChI=1S/C22H31N3O5/c1-5-15-24-19(26)18(13-9-10-14-23)25(21(28)30-22(2,3)4)20(27)29-16-17-11-7-6-8-12-17/h1,6-8,11-12,18H,9-10,13-16,23H2,2-4H3,(H,24,26)/t18-/m0/s1. The van der Waals surface area contributed by atoms with E-state index in [2.05, 4.69) is 11.2 Å². The summed E-state index contributed by atoms with van der Waals surface area (Å²) in [6.07, 6.45) is 4.63. The number of carbonyl (C=O) groups is 3. The third-order valence-electron chi connectivity index (χ3n) is 3.90. The highest BCUT2D eigenvalue weighted by Gasteiger charge is 2.38. The largest absolute Gasteiger partial charge is 0.444 e. The number of imide groups is 1. The maximum atomic E-state index is 12.9. The first-order valence-electron chi connectivity index (χ1n) is 9.83. The molecule has 3 N–H and O–H groups in total. The van der Waals surface area contributed by atoms with Gasteiger partial charge in [0.05, 0.1) is 6.54 Å². The molecule has 0 aromatic heterocycles. The maximum absolute atomic E-state index is 12.9. The molecule has 0 saturated heterocycles. The van der Waals surface area contributed by atoms with E-state index in [-0.39, 0.29) is 19.6 Å². The topological polar surface area (TPSA) is 111 Å². The van der Waals surface area contributed by atoms with Crippen LogP contribution in [0.25, 0.3) is 0 Å². The highest BCUT2D eigenvalue weighted by molar-refractivity contribution is 5.95. The Balaban J connectivity index is 3.10. The molecule has 0 aliphatic carbocycles. The Hall–Kier alpha value is -3.05. The minimum atomic E-state index is -1.14. The SMILES string of the molecule is C#CCNC(=O)[C@H](CCCCN)N(C(=O)OCc1ccccc1)C(=O)OC(C)(C)C. The smallest absolute Gasteiger partial charge is 0.420 e. The van der Waals surface area contributed by atoms with Crippen LogP contribution in [0.5, 0.6) is 0 Å². The summed E-state index contributed by atoms with van der Waals surface area (Å²) in [4.78, 5) is 39.1. The molecule has 1 aromatic carbocycles. The first-order chi connectivity index (χ1) is 14.2. The summed E-state index contributed by atoms with van der Waals surface area (Å²) < 4.78 is 10.7. The highest BCUT2D eigenvalue weighted by Crippen LogP contribution is 2.18. The summed E-state index contributed by atoms with van der Waals surface area (Å²) in [5.41, 5.74) is 5.41. The summed E-state index contributed by atoms with van der Waals surface area (Å²) in [5, 5.41) is 2.52. The second kappa shape index (κ2) is 12.5. The van der Waals surface area contributed by atoms with Crippen molar-refractivity contribution >= 4 is 18.1 Å². The van der Waals surface area contributed by atoms with Crippen molar-refractivity contribution in [3.63, 3.8) is 0 Å². The quantitative estimate of drug-likeness (QED) is 0.472.